The largest absolute Gasteiger partial charge is 0.619 e. The normalized spacial score (nSPS) is 10.1. The molecule has 2 aromatic rings. The van der Waals surface area contributed by atoms with Gasteiger partial charge in [0.05, 0.1) is 5.56 Å². The van der Waals surface area contributed by atoms with Crippen molar-refractivity contribution in [3.63, 3.8) is 0 Å². The van der Waals surface area contributed by atoms with Crippen LogP contribution in [0, 0.1) is 12.1 Å². The molecule has 0 fully saturated rings. The van der Waals surface area contributed by atoms with E-state index in [2.05, 4.69) is 5.32 Å². The molecular weight excluding hydrogens is 308 g/mol. The summed E-state index contributed by atoms with van der Waals surface area (Å²) in [4.78, 5) is 23.4. The Morgan fingerprint density at radius 1 is 1.27 bits per heavy atom. The number of carbonyl (C=O) groups is 2. The van der Waals surface area contributed by atoms with Crippen molar-refractivity contribution in [1.82, 2.24) is 0 Å². The fraction of sp³-hybridized carbons (Fsp3) is 0.133. The molecule has 0 unspecified atom stereocenters. The van der Waals surface area contributed by atoms with Crippen LogP contribution in [0.5, 0.6) is 0 Å². The highest BCUT2D eigenvalue weighted by Gasteiger charge is 2.11. The second kappa shape index (κ2) is 6.91. The predicted octanol–water partition coefficient (Wildman–Crippen LogP) is 2.08. The first-order valence-electron chi connectivity index (χ1n) is 6.37. The number of esters is 1. The Balaban J connectivity index is 1.88. The number of rotatable bonds is 4. The van der Waals surface area contributed by atoms with Gasteiger partial charge in [0.15, 0.2) is 19.0 Å². The summed E-state index contributed by atoms with van der Waals surface area (Å²) in [6, 6.07) is 7.71. The average Bonchev–Trinajstić information content (AvgIpc) is 2.49. The zero-order chi connectivity index (χ0) is 16.1. The Kier molecular flexibility index (Phi) is 4.95. The molecule has 1 heterocycles. The number of benzene rings is 1. The van der Waals surface area contributed by atoms with E-state index in [-0.39, 0.29) is 5.56 Å². The molecule has 7 heteroatoms. The number of carbonyl (C=O) groups excluding carboxylic acids is 2. The predicted molar refractivity (Wildman–Crippen MR) is 80.5 cm³/mol. The van der Waals surface area contributed by atoms with Crippen molar-refractivity contribution >= 4 is 29.2 Å². The molecule has 6 nitrogen and oxygen atoms in total. The first-order chi connectivity index (χ1) is 10.5. The van der Waals surface area contributed by atoms with Crippen LogP contribution in [-0.2, 0) is 9.53 Å². The molecule has 0 atom stereocenters. The van der Waals surface area contributed by atoms with Crippen LogP contribution in [-0.4, -0.2) is 18.5 Å². The minimum atomic E-state index is -0.683. The summed E-state index contributed by atoms with van der Waals surface area (Å²) in [6.07, 6.45) is 2.34. The van der Waals surface area contributed by atoms with Crippen molar-refractivity contribution < 1.29 is 19.1 Å². The first-order valence-corrected chi connectivity index (χ1v) is 6.75. The standard InChI is InChI=1S/C15H13ClN2O4/c1-10-2-3-12(8-13(10)16)17-14(19)9-22-15(20)11-4-6-18(21)7-5-11/h2-8H,9H2,1H3,(H,17,19). The molecule has 114 valence electrons. The van der Waals surface area contributed by atoms with Gasteiger partial charge in [-0.05, 0) is 24.6 Å². The highest BCUT2D eigenvalue weighted by atomic mass is 35.5. The molecule has 1 aromatic carbocycles. The maximum atomic E-state index is 11.7. The van der Waals surface area contributed by atoms with E-state index in [9.17, 15) is 14.8 Å². The number of hydrogen-bond acceptors (Lipinski definition) is 4. The van der Waals surface area contributed by atoms with Crippen LogP contribution >= 0.6 is 11.6 Å². The Hall–Kier alpha value is -2.60. The summed E-state index contributed by atoms with van der Waals surface area (Å²) in [6.45, 7) is 1.41. The minimum absolute atomic E-state index is 0.193. The third kappa shape index (κ3) is 4.20. The molecule has 0 radical (unpaired) electrons. The van der Waals surface area contributed by atoms with Crippen LogP contribution in [0.2, 0.25) is 5.02 Å². The van der Waals surface area contributed by atoms with Crippen LogP contribution in [0.15, 0.2) is 42.7 Å². The molecule has 0 aliphatic heterocycles. The summed E-state index contributed by atoms with van der Waals surface area (Å²) in [7, 11) is 0. The van der Waals surface area contributed by atoms with Crippen LogP contribution in [0.4, 0.5) is 5.69 Å². The second-order valence-electron chi connectivity index (χ2n) is 4.53. The SMILES string of the molecule is Cc1ccc(NC(=O)COC(=O)c2cc[n+]([O-])cc2)cc1Cl. The molecule has 0 saturated heterocycles. The van der Waals surface area contributed by atoms with Crippen molar-refractivity contribution in [2.24, 2.45) is 0 Å². The number of aryl methyl sites for hydroxylation is 1. The summed E-state index contributed by atoms with van der Waals surface area (Å²) < 4.78 is 5.41. The number of halogens is 1. The average molecular weight is 321 g/mol. The molecule has 0 saturated carbocycles. The van der Waals surface area contributed by atoms with Gasteiger partial charge in [-0.1, -0.05) is 17.7 Å². The van der Waals surface area contributed by atoms with Crippen molar-refractivity contribution in [1.29, 1.82) is 0 Å². The number of pyridine rings is 1. The lowest BCUT2D eigenvalue weighted by atomic mass is 10.2. The molecule has 0 aliphatic carbocycles. The van der Waals surface area contributed by atoms with Crippen molar-refractivity contribution in [3.05, 3.63) is 64.1 Å². The van der Waals surface area contributed by atoms with Gasteiger partial charge in [-0.3, -0.25) is 4.79 Å². The van der Waals surface area contributed by atoms with Crippen molar-refractivity contribution in [2.75, 3.05) is 11.9 Å². The first kappa shape index (κ1) is 15.8. The molecule has 0 bridgehead atoms. The van der Waals surface area contributed by atoms with E-state index in [0.29, 0.717) is 15.4 Å². The van der Waals surface area contributed by atoms with Crippen LogP contribution in [0.1, 0.15) is 15.9 Å². The quantitative estimate of drug-likeness (QED) is 0.531. The monoisotopic (exact) mass is 320 g/mol. The Morgan fingerprint density at radius 3 is 2.59 bits per heavy atom. The summed E-state index contributed by atoms with van der Waals surface area (Å²) in [5, 5.41) is 14.0. The highest BCUT2D eigenvalue weighted by Crippen LogP contribution is 2.19. The van der Waals surface area contributed by atoms with E-state index in [1.807, 2.05) is 6.92 Å². The lowest BCUT2D eigenvalue weighted by Gasteiger charge is -2.07. The Labute approximate surface area is 131 Å². The molecule has 2 rings (SSSR count). The number of anilines is 1. The summed E-state index contributed by atoms with van der Waals surface area (Å²) in [5.74, 6) is -1.17. The van der Waals surface area contributed by atoms with Gasteiger partial charge in [-0.15, -0.1) is 0 Å². The smallest absolute Gasteiger partial charge is 0.339 e. The van der Waals surface area contributed by atoms with E-state index < -0.39 is 18.5 Å². The van der Waals surface area contributed by atoms with E-state index in [1.165, 1.54) is 24.5 Å². The van der Waals surface area contributed by atoms with E-state index in [4.69, 9.17) is 16.3 Å². The maximum absolute atomic E-state index is 11.7. The second-order valence-corrected chi connectivity index (χ2v) is 4.94. The van der Waals surface area contributed by atoms with E-state index in [0.717, 1.165) is 5.56 Å². The molecular formula is C15H13ClN2O4. The van der Waals surface area contributed by atoms with Crippen LogP contribution in [0.3, 0.4) is 0 Å². The third-order valence-corrected chi connectivity index (χ3v) is 3.23. The zero-order valence-electron chi connectivity index (χ0n) is 11.7. The lowest BCUT2D eigenvalue weighted by Crippen LogP contribution is -2.25. The van der Waals surface area contributed by atoms with Crippen molar-refractivity contribution in [3.8, 4) is 0 Å². The van der Waals surface area contributed by atoms with Gasteiger partial charge in [-0.2, -0.15) is 4.73 Å². The molecule has 22 heavy (non-hydrogen) atoms. The Bertz CT molecular complexity index is 701. The third-order valence-electron chi connectivity index (χ3n) is 2.83. The van der Waals surface area contributed by atoms with E-state index in [1.54, 1.807) is 18.2 Å². The fourth-order valence-electron chi connectivity index (χ4n) is 1.63. The van der Waals surface area contributed by atoms with Gasteiger partial charge in [-0.25, -0.2) is 4.79 Å². The van der Waals surface area contributed by atoms with Gasteiger partial charge in [0.2, 0.25) is 0 Å². The number of ether oxygens (including phenoxy) is 1. The number of aromatic nitrogens is 1. The lowest BCUT2D eigenvalue weighted by molar-refractivity contribution is -0.605. The van der Waals surface area contributed by atoms with Crippen LogP contribution < -0.4 is 10.0 Å². The van der Waals surface area contributed by atoms with Gasteiger partial charge < -0.3 is 15.3 Å². The molecule has 1 N–H and O–H groups in total. The maximum Gasteiger partial charge on any atom is 0.339 e. The van der Waals surface area contributed by atoms with Gasteiger partial charge in [0, 0.05) is 22.8 Å². The van der Waals surface area contributed by atoms with Gasteiger partial charge in [0.25, 0.3) is 5.91 Å². The molecule has 1 aromatic heterocycles. The fourth-order valence-corrected chi connectivity index (χ4v) is 1.81. The molecule has 1 amide bonds. The zero-order valence-corrected chi connectivity index (χ0v) is 12.5. The highest BCUT2D eigenvalue weighted by molar-refractivity contribution is 6.31. The molecule has 0 spiro atoms. The van der Waals surface area contributed by atoms with Crippen molar-refractivity contribution in [2.45, 2.75) is 6.92 Å². The van der Waals surface area contributed by atoms with Crippen LogP contribution in [0.25, 0.3) is 0 Å². The number of nitrogens with zero attached hydrogens (tertiary/aromatic N) is 1. The number of nitrogens with one attached hydrogen (secondary N) is 1. The number of hydrogen-bond donors (Lipinski definition) is 1. The molecule has 0 aliphatic rings. The minimum Gasteiger partial charge on any atom is -0.619 e. The summed E-state index contributed by atoms with van der Waals surface area (Å²) in [5.41, 5.74) is 1.60. The van der Waals surface area contributed by atoms with E-state index >= 15 is 0 Å². The summed E-state index contributed by atoms with van der Waals surface area (Å²) >= 11 is 5.95. The van der Waals surface area contributed by atoms with Gasteiger partial charge >= 0.3 is 5.97 Å². The Morgan fingerprint density at radius 2 is 1.95 bits per heavy atom. The number of amides is 1. The van der Waals surface area contributed by atoms with Gasteiger partial charge in [0.1, 0.15) is 0 Å². The topological polar surface area (TPSA) is 82.3 Å².